The number of nitrogens with zero attached hydrogens (tertiary/aromatic N) is 1. The summed E-state index contributed by atoms with van der Waals surface area (Å²) in [5.74, 6) is -0.698. The van der Waals surface area contributed by atoms with Crippen molar-refractivity contribution < 1.29 is 19.4 Å². The zero-order chi connectivity index (χ0) is 23.5. The third kappa shape index (κ3) is 6.72. The van der Waals surface area contributed by atoms with Crippen molar-refractivity contribution in [1.29, 1.82) is 0 Å². The summed E-state index contributed by atoms with van der Waals surface area (Å²) >= 11 is 1.60. The van der Waals surface area contributed by atoms with Crippen LogP contribution >= 0.6 is 11.3 Å². The van der Waals surface area contributed by atoms with Crippen LogP contribution in [0.1, 0.15) is 83.3 Å². The number of cyclic esters (lactones) is 1. The van der Waals surface area contributed by atoms with Gasteiger partial charge in [-0.25, -0.2) is 4.98 Å². The second-order valence-electron chi connectivity index (χ2n) is 10.2. The van der Waals surface area contributed by atoms with Crippen molar-refractivity contribution in [3.8, 4) is 0 Å². The number of aryl methyl sites for hydroxylation is 1. The predicted octanol–water partition coefficient (Wildman–Crippen LogP) is 4.44. The molecule has 2 aliphatic heterocycles. The van der Waals surface area contributed by atoms with E-state index < -0.39 is 17.4 Å². The first-order valence-electron chi connectivity index (χ1n) is 11.8. The molecule has 178 valence electrons. The Bertz CT molecular complexity index is 847. The zero-order valence-corrected chi connectivity index (χ0v) is 20.8. The van der Waals surface area contributed by atoms with Gasteiger partial charge in [0.15, 0.2) is 0 Å². The lowest BCUT2D eigenvalue weighted by Crippen LogP contribution is -2.36. The molecule has 6 nitrogen and oxygen atoms in total. The first kappa shape index (κ1) is 25.1. The molecule has 4 unspecified atom stereocenters. The highest BCUT2D eigenvalue weighted by atomic mass is 32.1. The summed E-state index contributed by atoms with van der Waals surface area (Å²) in [6.07, 6.45) is 5.99. The van der Waals surface area contributed by atoms with E-state index in [2.05, 4.69) is 10.3 Å². The molecule has 1 aromatic heterocycles. The summed E-state index contributed by atoms with van der Waals surface area (Å²) < 4.78 is 5.93. The second kappa shape index (κ2) is 10.6. The molecular weight excluding hydrogens is 424 g/mol. The number of esters is 1. The Kier molecular flexibility index (Phi) is 8.28. The molecule has 0 saturated carbocycles. The molecule has 0 radical (unpaired) electrons. The number of aliphatic hydroxyl groups excluding tert-OH is 1. The lowest BCUT2D eigenvalue weighted by atomic mass is 9.76. The smallest absolute Gasteiger partial charge is 0.306 e. The number of aliphatic hydroxyl groups is 1. The largest absolute Gasteiger partial charge is 0.458 e. The van der Waals surface area contributed by atoms with Gasteiger partial charge >= 0.3 is 5.97 Å². The van der Waals surface area contributed by atoms with Gasteiger partial charge in [0.25, 0.3) is 0 Å². The Balaban J connectivity index is 1.74. The number of ether oxygens (including phenoxy) is 1. The highest BCUT2D eigenvalue weighted by molar-refractivity contribution is 7.09. The average Bonchev–Trinajstić information content (AvgIpc) is 3.35. The molecular formula is C25H38N2O4S. The van der Waals surface area contributed by atoms with Crippen molar-refractivity contribution in [2.75, 3.05) is 0 Å². The minimum Gasteiger partial charge on any atom is -0.458 e. The lowest BCUT2D eigenvalue weighted by Gasteiger charge is -2.29. The van der Waals surface area contributed by atoms with E-state index in [-0.39, 0.29) is 24.3 Å². The molecule has 0 bridgehead atoms. The van der Waals surface area contributed by atoms with Crippen molar-refractivity contribution in [2.24, 2.45) is 11.3 Å². The Hall–Kier alpha value is -1.57. The van der Waals surface area contributed by atoms with Crippen LogP contribution < -0.4 is 5.32 Å². The molecule has 3 heterocycles. The van der Waals surface area contributed by atoms with Crippen LogP contribution in [0, 0.1) is 18.3 Å². The summed E-state index contributed by atoms with van der Waals surface area (Å²) in [6, 6.07) is 0.761. The maximum absolute atomic E-state index is 13.0. The summed E-state index contributed by atoms with van der Waals surface area (Å²) in [5, 5.41) is 17.0. The van der Waals surface area contributed by atoms with Gasteiger partial charge < -0.3 is 15.2 Å². The van der Waals surface area contributed by atoms with E-state index in [1.165, 1.54) is 0 Å². The van der Waals surface area contributed by atoms with E-state index in [9.17, 15) is 14.7 Å². The zero-order valence-electron chi connectivity index (χ0n) is 20.0. The number of fused-ring (bicyclic) bond motifs is 1. The van der Waals surface area contributed by atoms with E-state index in [0.29, 0.717) is 24.9 Å². The number of hydrogen-bond donors (Lipinski definition) is 2. The van der Waals surface area contributed by atoms with Crippen LogP contribution in [0.4, 0.5) is 0 Å². The van der Waals surface area contributed by atoms with E-state index >= 15 is 0 Å². The van der Waals surface area contributed by atoms with Gasteiger partial charge in [0.2, 0.25) is 0 Å². The van der Waals surface area contributed by atoms with Gasteiger partial charge in [-0.15, -0.1) is 11.3 Å². The Labute approximate surface area is 195 Å². The van der Waals surface area contributed by atoms with Crippen molar-refractivity contribution in [1.82, 2.24) is 10.3 Å². The maximum Gasteiger partial charge on any atom is 0.306 e. The first-order chi connectivity index (χ1) is 15.1. The summed E-state index contributed by atoms with van der Waals surface area (Å²) in [6.45, 7) is 9.50. The fraction of sp³-hybridized carbons (Fsp3) is 0.720. The van der Waals surface area contributed by atoms with Crippen LogP contribution in [0.5, 0.6) is 0 Å². The van der Waals surface area contributed by atoms with E-state index in [0.717, 1.165) is 42.0 Å². The summed E-state index contributed by atoms with van der Waals surface area (Å²) in [5.41, 5.74) is 1.20. The molecule has 0 amide bonds. The number of rotatable bonds is 2. The van der Waals surface area contributed by atoms with Crippen molar-refractivity contribution in [3.63, 3.8) is 0 Å². The Morgan fingerprint density at radius 3 is 2.69 bits per heavy atom. The molecule has 2 N–H and O–H groups in total. The van der Waals surface area contributed by atoms with Crippen molar-refractivity contribution in [2.45, 2.75) is 104 Å². The number of nitrogens with one attached hydrogen (secondary N) is 1. The van der Waals surface area contributed by atoms with Crippen LogP contribution in [0.2, 0.25) is 0 Å². The minimum absolute atomic E-state index is 0.0142. The second-order valence-corrected chi connectivity index (χ2v) is 11.2. The number of carbonyl (C=O) groups excluding carboxylic acids is 2. The predicted molar refractivity (Wildman–Crippen MR) is 127 cm³/mol. The van der Waals surface area contributed by atoms with Crippen LogP contribution in [-0.4, -0.2) is 46.1 Å². The number of ketones is 1. The van der Waals surface area contributed by atoms with Crippen LogP contribution in [0.15, 0.2) is 11.0 Å². The highest BCUT2D eigenvalue weighted by Crippen LogP contribution is 2.32. The van der Waals surface area contributed by atoms with Crippen LogP contribution in [-0.2, 0) is 14.3 Å². The van der Waals surface area contributed by atoms with E-state index in [1.807, 2.05) is 39.2 Å². The lowest BCUT2D eigenvalue weighted by molar-refractivity contribution is -0.148. The number of aromatic nitrogens is 1. The van der Waals surface area contributed by atoms with Gasteiger partial charge in [-0.05, 0) is 44.8 Å². The molecule has 7 heteroatoms. The summed E-state index contributed by atoms with van der Waals surface area (Å²) in [4.78, 5) is 30.2. The molecule has 0 aromatic carbocycles. The van der Waals surface area contributed by atoms with E-state index in [1.54, 1.807) is 18.3 Å². The number of thiazole rings is 1. The van der Waals surface area contributed by atoms with Crippen molar-refractivity contribution in [3.05, 3.63) is 21.7 Å². The highest BCUT2D eigenvalue weighted by Gasteiger charge is 2.39. The molecule has 1 aromatic rings. The molecule has 2 aliphatic rings. The van der Waals surface area contributed by atoms with Gasteiger partial charge in [-0.3, -0.25) is 9.59 Å². The van der Waals surface area contributed by atoms with Gasteiger partial charge in [-0.1, -0.05) is 33.6 Å². The minimum atomic E-state index is -0.682. The third-order valence-electron chi connectivity index (χ3n) is 6.94. The normalized spacial score (nSPS) is 32.8. The summed E-state index contributed by atoms with van der Waals surface area (Å²) in [7, 11) is 0. The van der Waals surface area contributed by atoms with Gasteiger partial charge in [0.1, 0.15) is 11.9 Å². The molecule has 5 atom stereocenters. The topological polar surface area (TPSA) is 98.4 Å². The number of Topliss-reactive ketones (excluding diaryl/α,β-unsaturated/α-hetero) is 1. The SMILES string of the molecule is C/C(=C\c1csc(C)n1)C1CC2NC2CCCCC(O)[C@@H](C)C(=O)C(C)(C)CCC(=O)O1. The number of carbonyl (C=O) groups is 2. The quantitative estimate of drug-likeness (QED) is 0.498. The fourth-order valence-electron chi connectivity index (χ4n) is 4.58. The van der Waals surface area contributed by atoms with Crippen LogP contribution in [0.25, 0.3) is 6.08 Å². The third-order valence-corrected chi connectivity index (χ3v) is 7.74. The average molecular weight is 463 g/mol. The van der Waals surface area contributed by atoms with Crippen molar-refractivity contribution >= 4 is 29.2 Å². The maximum atomic E-state index is 13.0. The van der Waals surface area contributed by atoms with Crippen LogP contribution in [0.3, 0.4) is 0 Å². The molecule has 32 heavy (non-hydrogen) atoms. The standard InChI is InChI=1S/C25H38N2O4S/c1-15(12-18-14-32-17(3)26-18)22-13-20-19(27-20)8-6-7-9-21(28)16(2)24(30)25(4,5)11-10-23(29)31-22/h12,14,16,19-22,27-28H,6-11,13H2,1-5H3/b15-12+/t16-,19?,20?,21?,22?/m1/s1. The Morgan fingerprint density at radius 2 is 2.00 bits per heavy atom. The molecule has 2 saturated heterocycles. The molecule has 0 spiro atoms. The van der Waals surface area contributed by atoms with Gasteiger partial charge in [0.05, 0.1) is 16.8 Å². The van der Waals surface area contributed by atoms with E-state index in [4.69, 9.17) is 4.74 Å². The Morgan fingerprint density at radius 1 is 1.28 bits per heavy atom. The molecule has 0 aliphatic carbocycles. The molecule has 2 fully saturated rings. The van der Waals surface area contributed by atoms with Gasteiger partial charge in [-0.2, -0.15) is 0 Å². The molecule has 3 rings (SSSR count). The van der Waals surface area contributed by atoms with Gasteiger partial charge in [0, 0.05) is 41.6 Å². The monoisotopic (exact) mass is 462 g/mol. The first-order valence-corrected chi connectivity index (χ1v) is 12.7. The fourth-order valence-corrected chi connectivity index (χ4v) is 5.15. The number of hydrogen-bond acceptors (Lipinski definition) is 7.